The maximum atomic E-state index is 13.2. The second-order valence-electron chi connectivity index (χ2n) is 5.77. The molecule has 2 N–H and O–H groups in total. The van der Waals surface area contributed by atoms with E-state index in [0.717, 1.165) is 21.8 Å². The highest BCUT2D eigenvalue weighted by Gasteiger charge is 2.15. The number of carbonyl (C=O) groups excluding carboxylic acids is 1. The Morgan fingerprint density at radius 3 is 2.59 bits per heavy atom. The number of amides is 1. The van der Waals surface area contributed by atoms with Crippen molar-refractivity contribution in [3.05, 3.63) is 60.4 Å². The van der Waals surface area contributed by atoms with Crippen LogP contribution in [0.3, 0.4) is 0 Å². The lowest BCUT2D eigenvalue weighted by molar-refractivity contribution is -0.118. The van der Waals surface area contributed by atoms with E-state index in [9.17, 15) is 9.18 Å². The number of imidazole rings is 1. The fourth-order valence-corrected chi connectivity index (χ4v) is 3.32. The molecule has 0 bridgehead atoms. The summed E-state index contributed by atoms with van der Waals surface area (Å²) in [6, 6.07) is 15.9. The Hall–Kier alpha value is -2.64. The van der Waals surface area contributed by atoms with Crippen LogP contribution in [0.5, 0.6) is 0 Å². The highest BCUT2D eigenvalue weighted by molar-refractivity contribution is 8.00. The van der Waals surface area contributed by atoms with Gasteiger partial charge in [-0.05, 0) is 24.3 Å². The maximum Gasteiger partial charge on any atom is 0.230 e. The number of ether oxygens (including phenoxy) is 1. The van der Waals surface area contributed by atoms with Gasteiger partial charge in [-0.25, -0.2) is 9.37 Å². The lowest BCUT2D eigenvalue weighted by Crippen LogP contribution is -2.28. The normalized spacial score (nSPS) is 10.7. The lowest BCUT2D eigenvalue weighted by atomic mass is 10.2. The van der Waals surface area contributed by atoms with Crippen molar-refractivity contribution in [1.82, 2.24) is 15.3 Å². The van der Waals surface area contributed by atoms with Crippen LogP contribution in [0.4, 0.5) is 4.39 Å². The molecule has 0 radical (unpaired) electrons. The number of benzene rings is 2. The van der Waals surface area contributed by atoms with Crippen LogP contribution in [0.2, 0.25) is 0 Å². The van der Waals surface area contributed by atoms with E-state index in [1.54, 1.807) is 19.2 Å². The lowest BCUT2D eigenvalue weighted by Gasteiger charge is -2.04. The van der Waals surface area contributed by atoms with Gasteiger partial charge >= 0.3 is 0 Å². The van der Waals surface area contributed by atoms with E-state index in [4.69, 9.17) is 4.74 Å². The first-order chi connectivity index (χ1) is 13.2. The fraction of sp³-hybridized carbons (Fsp3) is 0.200. The van der Waals surface area contributed by atoms with E-state index in [2.05, 4.69) is 15.3 Å². The molecule has 0 unspecified atom stereocenters. The van der Waals surface area contributed by atoms with Gasteiger partial charge in [0.05, 0.1) is 18.1 Å². The van der Waals surface area contributed by atoms with E-state index < -0.39 is 0 Å². The van der Waals surface area contributed by atoms with E-state index in [0.29, 0.717) is 19.0 Å². The molecule has 140 valence electrons. The number of nitrogens with one attached hydrogen (secondary N) is 2. The van der Waals surface area contributed by atoms with Crippen molar-refractivity contribution in [3.8, 4) is 22.6 Å². The SMILES string of the molecule is COCCNC(=O)CSc1nc(-c2ccc(F)cc2)[nH]c1-c1ccccc1. The Morgan fingerprint density at radius 2 is 1.89 bits per heavy atom. The largest absolute Gasteiger partial charge is 0.383 e. The predicted molar refractivity (Wildman–Crippen MR) is 105 cm³/mol. The van der Waals surface area contributed by atoms with Crippen LogP contribution >= 0.6 is 11.8 Å². The minimum absolute atomic E-state index is 0.0811. The third-order valence-corrected chi connectivity index (χ3v) is 4.79. The fourth-order valence-electron chi connectivity index (χ4n) is 2.48. The monoisotopic (exact) mass is 385 g/mol. The van der Waals surface area contributed by atoms with E-state index in [-0.39, 0.29) is 17.5 Å². The Morgan fingerprint density at radius 1 is 1.15 bits per heavy atom. The topological polar surface area (TPSA) is 67.0 Å². The van der Waals surface area contributed by atoms with Gasteiger partial charge in [0.25, 0.3) is 0 Å². The zero-order valence-corrected chi connectivity index (χ0v) is 15.7. The summed E-state index contributed by atoms with van der Waals surface area (Å²) in [7, 11) is 1.59. The minimum Gasteiger partial charge on any atom is -0.383 e. The van der Waals surface area contributed by atoms with E-state index >= 15 is 0 Å². The summed E-state index contributed by atoms with van der Waals surface area (Å²) in [6.45, 7) is 0.950. The minimum atomic E-state index is -0.295. The molecule has 1 heterocycles. The van der Waals surface area contributed by atoms with Crippen LogP contribution in [0.25, 0.3) is 22.6 Å². The molecule has 0 spiro atoms. The number of methoxy groups -OCH3 is 1. The van der Waals surface area contributed by atoms with E-state index in [1.165, 1.54) is 23.9 Å². The molecule has 1 amide bonds. The van der Waals surface area contributed by atoms with Gasteiger partial charge in [0.1, 0.15) is 16.7 Å². The van der Waals surface area contributed by atoms with Crippen molar-refractivity contribution in [2.75, 3.05) is 26.0 Å². The number of nitrogens with zero attached hydrogens (tertiary/aromatic N) is 1. The van der Waals surface area contributed by atoms with Gasteiger partial charge in [-0.15, -0.1) is 0 Å². The Balaban J connectivity index is 1.82. The van der Waals surface area contributed by atoms with Gasteiger partial charge in [0.15, 0.2) is 0 Å². The van der Waals surface area contributed by atoms with Crippen LogP contribution in [-0.2, 0) is 9.53 Å². The first-order valence-electron chi connectivity index (χ1n) is 8.47. The molecule has 1 aromatic heterocycles. The standard InChI is InChI=1S/C20H20FN3O2S/c1-26-12-11-22-17(25)13-27-20-18(14-5-3-2-4-6-14)23-19(24-20)15-7-9-16(21)10-8-15/h2-10H,11-13H2,1H3,(H,22,25)(H,23,24). The molecular weight excluding hydrogens is 365 g/mol. The summed E-state index contributed by atoms with van der Waals surface area (Å²) in [6.07, 6.45) is 0. The van der Waals surface area contributed by atoms with Gasteiger partial charge in [0, 0.05) is 24.8 Å². The van der Waals surface area contributed by atoms with Crippen LogP contribution in [0.1, 0.15) is 0 Å². The number of hydrogen-bond donors (Lipinski definition) is 2. The van der Waals surface area contributed by atoms with Crippen LogP contribution in [-0.4, -0.2) is 41.9 Å². The molecule has 0 aliphatic carbocycles. The zero-order chi connectivity index (χ0) is 19.1. The molecule has 0 saturated carbocycles. The Kier molecular flexibility index (Phi) is 6.62. The molecule has 27 heavy (non-hydrogen) atoms. The maximum absolute atomic E-state index is 13.2. The number of halogens is 1. The van der Waals surface area contributed by atoms with Crippen LogP contribution < -0.4 is 5.32 Å². The van der Waals surface area contributed by atoms with Gasteiger partial charge in [-0.2, -0.15) is 0 Å². The zero-order valence-electron chi connectivity index (χ0n) is 14.9. The molecule has 0 aliphatic rings. The molecule has 7 heteroatoms. The molecule has 0 fully saturated rings. The third-order valence-electron chi connectivity index (χ3n) is 3.82. The van der Waals surface area contributed by atoms with Crippen molar-refractivity contribution in [1.29, 1.82) is 0 Å². The van der Waals surface area contributed by atoms with Crippen LogP contribution in [0.15, 0.2) is 59.6 Å². The molecule has 2 aromatic carbocycles. The third kappa shape index (κ3) is 5.18. The summed E-state index contributed by atoms with van der Waals surface area (Å²) in [5, 5.41) is 3.52. The summed E-state index contributed by atoms with van der Waals surface area (Å²) >= 11 is 1.36. The molecule has 0 atom stereocenters. The molecule has 5 nitrogen and oxygen atoms in total. The molecule has 0 aliphatic heterocycles. The molecule has 3 rings (SSSR count). The van der Waals surface area contributed by atoms with Crippen molar-refractivity contribution in [2.24, 2.45) is 0 Å². The molecule has 0 saturated heterocycles. The summed E-state index contributed by atoms with van der Waals surface area (Å²) in [5.74, 6) is 0.506. The number of thioether (sulfide) groups is 1. The van der Waals surface area contributed by atoms with Gasteiger partial charge < -0.3 is 15.0 Å². The highest BCUT2D eigenvalue weighted by Crippen LogP contribution is 2.32. The number of hydrogen-bond acceptors (Lipinski definition) is 4. The van der Waals surface area contributed by atoms with Gasteiger partial charge in [-0.3, -0.25) is 4.79 Å². The smallest absolute Gasteiger partial charge is 0.230 e. The summed E-state index contributed by atoms with van der Waals surface area (Å²) in [5.41, 5.74) is 2.59. The Bertz CT molecular complexity index is 882. The van der Waals surface area contributed by atoms with Gasteiger partial charge in [-0.1, -0.05) is 42.1 Å². The Labute approximate surface area is 161 Å². The second-order valence-corrected chi connectivity index (χ2v) is 6.73. The molecule has 3 aromatic rings. The summed E-state index contributed by atoms with van der Waals surface area (Å²) in [4.78, 5) is 19.9. The molecular formula is C20H20FN3O2S. The predicted octanol–water partition coefficient (Wildman–Crippen LogP) is 3.74. The van der Waals surface area contributed by atoms with Crippen LogP contribution in [0, 0.1) is 5.82 Å². The number of aromatic nitrogens is 2. The number of aromatic amines is 1. The second kappa shape index (κ2) is 9.34. The summed E-state index contributed by atoms with van der Waals surface area (Å²) < 4.78 is 18.1. The van der Waals surface area contributed by atoms with Crippen molar-refractivity contribution in [2.45, 2.75) is 5.03 Å². The van der Waals surface area contributed by atoms with Crippen molar-refractivity contribution >= 4 is 17.7 Å². The van der Waals surface area contributed by atoms with Crippen molar-refractivity contribution < 1.29 is 13.9 Å². The average molecular weight is 385 g/mol. The van der Waals surface area contributed by atoms with Gasteiger partial charge in [0.2, 0.25) is 5.91 Å². The first kappa shape index (κ1) is 19.1. The highest BCUT2D eigenvalue weighted by atomic mass is 32.2. The quantitative estimate of drug-likeness (QED) is 0.458. The van der Waals surface area contributed by atoms with E-state index in [1.807, 2.05) is 30.3 Å². The first-order valence-corrected chi connectivity index (χ1v) is 9.45. The number of H-pyrrole nitrogens is 1. The average Bonchev–Trinajstić information content (AvgIpc) is 3.12. The number of rotatable bonds is 8. The number of carbonyl (C=O) groups is 1. The van der Waals surface area contributed by atoms with Crippen molar-refractivity contribution in [3.63, 3.8) is 0 Å².